The first-order valence-electron chi connectivity index (χ1n) is 7.51. The van der Waals surface area contributed by atoms with E-state index in [0.29, 0.717) is 11.8 Å². The molecule has 1 saturated heterocycles. The Balaban J connectivity index is 2.00. The van der Waals surface area contributed by atoms with Crippen LogP contribution in [-0.2, 0) is 18.8 Å². The standard InChI is InChI=1S/C16H22BBrO4/c1-16(2,3)20-15(19)10-13-9-14(11-18)22-17(21-13)12-7-5-4-6-8-12/h4-8,13-14H,9-11H2,1-3H3. The normalized spacial score (nSPS) is 22.5. The van der Waals surface area contributed by atoms with Crippen LogP contribution in [0.2, 0.25) is 0 Å². The molecule has 0 saturated carbocycles. The number of alkyl halides is 1. The van der Waals surface area contributed by atoms with E-state index in [1.54, 1.807) is 0 Å². The number of halogens is 1. The molecule has 22 heavy (non-hydrogen) atoms. The third-order valence-corrected chi connectivity index (χ3v) is 3.94. The molecular formula is C16H22BBrO4. The van der Waals surface area contributed by atoms with Crippen molar-refractivity contribution >= 4 is 34.5 Å². The van der Waals surface area contributed by atoms with Crippen molar-refractivity contribution in [3.63, 3.8) is 0 Å². The Morgan fingerprint density at radius 1 is 1.27 bits per heavy atom. The van der Waals surface area contributed by atoms with Crippen LogP contribution in [0.3, 0.4) is 0 Å². The van der Waals surface area contributed by atoms with Crippen molar-refractivity contribution in [2.75, 3.05) is 5.33 Å². The molecule has 1 aliphatic rings. The summed E-state index contributed by atoms with van der Waals surface area (Å²) in [5.41, 5.74) is 0.484. The summed E-state index contributed by atoms with van der Waals surface area (Å²) >= 11 is 3.46. The lowest BCUT2D eigenvalue weighted by molar-refractivity contribution is -0.157. The van der Waals surface area contributed by atoms with E-state index in [0.717, 1.165) is 5.46 Å². The Kier molecular flexibility index (Phi) is 6.06. The van der Waals surface area contributed by atoms with E-state index in [1.165, 1.54) is 0 Å². The molecule has 0 bridgehead atoms. The molecule has 2 atom stereocenters. The van der Waals surface area contributed by atoms with Gasteiger partial charge in [-0.1, -0.05) is 46.3 Å². The Hall–Kier alpha value is -0.845. The number of rotatable bonds is 4. The predicted molar refractivity (Wildman–Crippen MR) is 90.4 cm³/mol. The summed E-state index contributed by atoms with van der Waals surface area (Å²) in [6.07, 6.45) is 0.740. The van der Waals surface area contributed by atoms with Crippen LogP contribution in [0.4, 0.5) is 0 Å². The van der Waals surface area contributed by atoms with Crippen molar-refractivity contribution in [3.05, 3.63) is 30.3 Å². The molecule has 1 heterocycles. The van der Waals surface area contributed by atoms with Crippen LogP contribution in [-0.4, -0.2) is 36.2 Å². The number of carbonyl (C=O) groups excluding carboxylic acids is 1. The van der Waals surface area contributed by atoms with Gasteiger partial charge < -0.3 is 14.0 Å². The van der Waals surface area contributed by atoms with Gasteiger partial charge in [0.15, 0.2) is 0 Å². The first kappa shape index (κ1) is 17.5. The number of carbonyl (C=O) groups is 1. The van der Waals surface area contributed by atoms with E-state index < -0.39 is 12.7 Å². The van der Waals surface area contributed by atoms with Gasteiger partial charge in [0.1, 0.15) is 5.60 Å². The van der Waals surface area contributed by atoms with Gasteiger partial charge in [0.25, 0.3) is 0 Å². The lowest BCUT2D eigenvalue weighted by atomic mass is 9.76. The Morgan fingerprint density at radius 2 is 1.91 bits per heavy atom. The van der Waals surface area contributed by atoms with Crippen molar-refractivity contribution in [1.82, 2.24) is 0 Å². The van der Waals surface area contributed by atoms with Crippen molar-refractivity contribution in [2.45, 2.75) is 51.4 Å². The van der Waals surface area contributed by atoms with Gasteiger partial charge in [0.2, 0.25) is 0 Å². The molecule has 0 amide bonds. The topological polar surface area (TPSA) is 44.8 Å². The zero-order valence-electron chi connectivity index (χ0n) is 13.3. The maximum atomic E-state index is 12.0. The van der Waals surface area contributed by atoms with E-state index in [-0.39, 0.29) is 24.6 Å². The number of benzene rings is 1. The summed E-state index contributed by atoms with van der Waals surface area (Å²) in [5, 5.41) is 0.713. The van der Waals surface area contributed by atoms with E-state index in [4.69, 9.17) is 14.0 Å². The van der Waals surface area contributed by atoms with Crippen molar-refractivity contribution in [2.24, 2.45) is 0 Å². The minimum Gasteiger partial charge on any atom is -0.460 e. The monoisotopic (exact) mass is 368 g/mol. The van der Waals surface area contributed by atoms with Crippen LogP contribution in [0.25, 0.3) is 0 Å². The Morgan fingerprint density at radius 3 is 2.50 bits per heavy atom. The minimum absolute atomic E-state index is 0.0198. The van der Waals surface area contributed by atoms with E-state index >= 15 is 0 Å². The van der Waals surface area contributed by atoms with Crippen LogP contribution in [0, 0.1) is 0 Å². The molecule has 0 spiro atoms. The lowest BCUT2D eigenvalue weighted by Crippen LogP contribution is -2.49. The zero-order valence-corrected chi connectivity index (χ0v) is 14.8. The van der Waals surface area contributed by atoms with Gasteiger partial charge in [-0.15, -0.1) is 0 Å². The molecule has 1 aromatic rings. The number of hydrogen-bond acceptors (Lipinski definition) is 4. The fourth-order valence-corrected chi connectivity index (χ4v) is 2.77. The third kappa shape index (κ3) is 5.41. The molecule has 2 unspecified atom stereocenters. The summed E-state index contributed by atoms with van der Waals surface area (Å²) in [6, 6.07) is 9.77. The molecule has 120 valence electrons. The Bertz CT molecular complexity index is 489. The average molecular weight is 369 g/mol. The second kappa shape index (κ2) is 7.62. The van der Waals surface area contributed by atoms with E-state index in [2.05, 4.69) is 15.9 Å². The fourth-order valence-electron chi connectivity index (χ4n) is 2.35. The quantitative estimate of drug-likeness (QED) is 0.465. The van der Waals surface area contributed by atoms with Gasteiger partial charge in [-0.05, 0) is 32.7 Å². The highest BCUT2D eigenvalue weighted by atomic mass is 79.9. The molecule has 0 aromatic heterocycles. The highest BCUT2D eigenvalue weighted by Gasteiger charge is 2.36. The largest absolute Gasteiger partial charge is 0.494 e. The fraction of sp³-hybridized carbons (Fsp3) is 0.562. The van der Waals surface area contributed by atoms with Gasteiger partial charge in [-0.3, -0.25) is 4.79 Å². The summed E-state index contributed by atoms with van der Waals surface area (Å²) in [7, 11) is -0.440. The molecule has 1 fully saturated rings. The van der Waals surface area contributed by atoms with Gasteiger partial charge >= 0.3 is 13.1 Å². The van der Waals surface area contributed by atoms with Crippen LogP contribution >= 0.6 is 15.9 Å². The van der Waals surface area contributed by atoms with Gasteiger partial charge in [-0.25, -0.2) is 0 Å². The van der Waals surface area contributed by atoms with Crippen LogP contribution in [0.5, 0.6) is 0 Å². The second-order valence-corrected chi connectivity index (χ2v) is 7.09. The van der Waals surface area contributed by atoms with Crippen molar-refractivity contribution < 1.29 is 18.8 Å². The molecule has 0 N–H and O–H groups in total. The highest BCUT2D eigenvalue weighted by molar-refractivity contribution is 9.09. The highest BCUT2D eigenvalue weighted by Crippen LogP contribution is 2.22. The summed E-state index contributed by atoms with van der Waals surface area (Å²) < 4.78 is 17.2. The molecule has 1 aromatic carbocycles. The van der Waals surface area contributed by atoms with Crippen LogP contribution in [0.15, 0.2) is 30.3 Å². The smallest absolute Gasteiger partial charge is 0.460 e. The van der Waals surface area contributed by atoms with Gasteiger partial charge in [-0.2, -0.15) is 0 Å². The summed E-state index contributed by atoms with van der Waals surface area (Å²) in [5.74, 6) is -0.237. The first-order valence-corrected chi connectivity index (χ1v) is 8.63. The summed E-state index contributed by atoms with van der Waals surface area (Å²) in [6.45, 7) is 5.59. The number of ether oxygens (including phenoxy) is 1. The number of esters is 1. The predicted octanol–water partition coefficient (Wildman–Crippen LogP) is 2.68. The SMILES string of the molecule is CC(C)(C)OC(=O)CC1CC(CBr)OB(c2ccccc2)O1. The molecule has 4 nitrogen and oxygen atoms in total. The van der Waals surface area contributed by atoms with E-state index in [9.17, 15) is 4.79 Å². The summed E-state index contributed by atoms with van der Waals surface area (Å²) in [4.78, 5) is 12.0. The molecule has 2 rings (SSSR count). The third-order valence-electron chi connectivity index (χ3n) is 3.22. The van der Waals surface area contributed by atoms with Crippen LogP contribution in [0.1, 0.15) is 33.6 Å². The Labute approximate surface area is 140 Å². The van der Waals surface area contributed by atoms with Gasteiger partial charge in [0.05, 0.1) is 18.6 Å². The lowest BCUT2D eigenvalue weighted by Gasteiger charge is -2.33. The molecule has 0 aliphatic carbocycles. The van der Waals surface area contributed by atoms with Gasteiger partial charge in [0, 0.05) is 5.33 Å². The molecule has 1 aliphatic heterocycles. The zero-order chi connectivity index (χ0) is 16.2. The number of hydrogen-bond donors (Lipinski definition) is 0. The van der Waals surface area contributed by atoms with E-state index in [1.807, 2.05) is 51.1 Å². The van der Waals surface area contributed by atoms with Crippen molar-refractivity contribution in [1.29, 1.82) is 0 Å². The molecular weight excluding hydrogens is 347 g/mol. The second-order valence-electron chi connectivity index (χ2n) is 6.44. The average Bonchev–Trinajstić information content (AvgIpc) is 2.45. The molecule has 6 heteroatoms. The maximum absolute atomic E-state index is 12.0. The first-order chi connectivity index (χ1) is 10.4. The maximum Gasteiger partial charge on any atom is 0.494 e. The minimum atomic E-state index is -0.476. The van der Waals surface area contributed by atoms with Crippen molar-refractivity contribution in [3.8, 4) is 0 Å². The molecule has 0 radical (unpaired) electrons. The van der Waals surface area contributed by atoms with Crippen LogP contribution < -0.4 is 5.46 Å².